The number of nitrogens with one attached hydrogen (secondary N) is 1. The second-order valence-corrected chi connectivity index (χ2v) is 7.31. The molecule has 4 atom stereocenters. The number of carbonyl (C=O) groups excluding carboxylic acids is 1. The van der Waals surface area contributed by atoms with Crippen molar-refractivity contribution in [2.45, 2.75) is 38.2 Å². The number of carbonyl (C=O) groups is 1. The highest BCUT2D eigenvalue weighted by Gasteiger charge is 2.37. The van der Waals surface area contributed by atoms with Crippen molar-refractivity contribution in [1.82, 2.24) is 10.2 Å². The van der Waals surface area contributed by atoms with E-state index in [1.807, 2.05) is 43.9 Å². The summed E-state index contributed by atoms with van der Waals surface area (Å²) in [5.41, 5.74) is 2.25. The molecule has 1 heterocycles. The summed E-state index contributed by atoms with van der Waals surface area (Å²) >= 11 is 0. The monoisotopic (exact) mass is 294 g/mol. The minimum Gasteiger partial charge on any atom is -0.320 e. The van der Waals surface area contributed by atoms with Crippen LogP contribution in [0.5, 0.6) is 0 Å². The number of hydrogen-bond donors (Lipinski definition) is 1. The zero-order valence-electron chi connectivity index (χ0n) is 12.4. The van der Waals surface area contributed by atoms with Gasteiger partial charge in [-0.25, -0.2) is 0 Å². The standard InChI is InChI=1S/C15H22N2O2S/c1-10-6-5-7-13(8-10)14-16-12(3)15(18)17(14)9-11(2)20(4)19/h5-8,11-12,14,16H,9H2,1-4H3. The molecule has 5 heteroatoms. The maximum absolute atomic E-state index is 12.3. The second kappa shape index (κ2) is 6.06. The van der Waals surface area contributed by atoms with Crippen molar-refractivity contribution in [1.29, 1.82) is 0 Å². The first-order chi connectivity index (χ1) is 9.40. The van der Waals surface area contributed by atoms with Crippen molar-refractivity contribution in [2.75, 3.05) is 12.8 Å². The van der Waals surface area contributed by atoms with Gasteiger partial charge in [0, 0.05) is 28.9 Å². The molecule has 4 nitrogen and oxygen atoms in total. The normalized spacial score (nSPS) is 25.8. The molecule has 2 rings (SSSR count). The largest absolute Gasteiger partial charge is 0.320 e. The minimum absolute atomic E-state index is 0.0293. The van der Waals surface area contributed by atoms with Gasteiger partial charge in [0.25, 0.3) is 0 Å². The average Bonchev–Trinajstić information content (AvgIpc) is 2.67. The Hall–Kier alpha value is -1.20. The summed E-state index contributed by atoms with van der Waals surface area (Å²) in [6.45, 7) is 6.34. The van der Waals surface area contributed by atoms with Gasteiger partial charge in [0.1, 0.15) is 6.17 Å². The lowest BCUT2D eigenvalue weighted by Gasteiger charge is -2.27. The molecule has 110 valence electrons. The van der Waals surface area contributed by atoms with Crippen LogP contribution in [-0.2, 0) is 15.6 Å². The minimum atomic E-state index is -0.930. The molecule has 0 saturated carbocycles. The van der Waals surface area contributed by atoms with Crippen LogP contribution in [-0.4, -0.2) is 39.1 Å². The van der Waals surface area contributed by atoms with E-state index in [1.165, 1.54) is 5.56 Å². The molecule has 1 N–H and O–H groups in total. The highest BCUT2D eigenvalue weighted by Crippen LogP contribution is 2.26. The molecule has 1 saturated heterocycles. The van der Waals surface area contributed by atoms with Crippen LogP contribution in [0, 0.1) is 6.92 Å². The van der Waals surface area contributed by atoms with Gasteiger partial charge in [-0.2, -0.15) is 0 Å². The van der Waals surface area contributed by atoms with Gasteiger partial charge in [-0.1, -0.05) is 29.8 Å². The van der Waals surface area contributed by atoms with Crippen molar-refractivity contribution in [2.24, 2.45) is 0 Å². The molecule has 1 aliphatic heterocycles. The number of benzene rings is 1. The Labute approximate surface area is 123 Å². The molecule has 20 heavy (non-hydrogen) atoms. The molecule has 0 aliphatic carbocycles. The van der Waals surface area contributed by atoms with E-state index in [1.54, 1.807) is 6.26 Å². The molecular formula is C15H22N2O2S. The zero-order valence-corrected chi connectivity index (χ0v) is 13.2. The number of amides is 1. The van der Waals surface area contributed by atoms with Gasteiger partial charge in [0.15, 0.2) is 0 Å². The summed E-state index contributed by atoms with van der Waals surface area (Å²) in [6.07, 6.45) is 1.56. The van der Waals surface area contributed by atoms with Crippen LogP contribution in [0.3, 0.4) is 0 Å². The molecule has 1 fully saturated rings. The van der Waals surface area contributed by atoms with Gasteiger partial charge in [0.2, 0.25) is 5.91 Å². The molecule has 1 aromatic rings. The summed E-state index contributed by atoms with van der Waals surface area (Å²) in [5.74, 6) is 0.0776. The second-order valence-electron chi connectivity index (χ2n) is 5.50. The van der Waals surface area contributed by atoms with E-state index < -0.39 is 10.8 Å². The Morgan fingerprint density at radius 3 is 2.75 bits per heavy atom. The summed E-state index contributed by atoms with van der Waals surface area (Å²) in [5, 5.41) is 3.29. The van der Waals surface area contributed by atoms with E-state index in [2.05, 4.69) is 11.4 Å². The first kappa shape index (κ1) is 15.2. The van der Waals surface area contributed by atoms with Crippen LogP contribution >= 0.6 is 0 Å². The Bertz CT molecular complexity index is 532. The lowest BCUT2D eigenvalue weighted by Crippen LogP contribution is -2.37. The fraction of sp³-hybridized carbons (Fsp3) is 0.533. The molecule has 1 amide bonds. The van der Waals surface area contributed by atoms with Crippen LogP contribution in [0.4, 0.5) is 0 Å². The van der Waals surface area contributed by atoms with Crippen molar-refractivity contribution >= 4 is 16.7 Å². The number of hydrogen-bond acceptors (Lipinski definition) is 3. The fourth-order valence-electron chi connectivity index (χ4n) is 2.47. The predicted octanol–water partition coefficient (Wildman–Crippen LogP) is 1.58. The predicted molar refractivity (Wildman–Crippen MR) is 81.8 cm³/mol. The lowest BCUT2D eigenvalue weighted by atomic mass is 10.1. The van der Waals surface area contributed by atoms with Crippen LogP contribution in [0.1, 0.15) is 31.1 Å². The van der Waals surface area contributed by atoms with Gasteiger partial charge in [-0.3, -0.25) is 14.3 Å². The van der Waals surface area contributed by atoms with Crippen molar-refractivity contribution < 1.29 is 9.00 Å². The van der Waals surface area contributed by atoms with Gasteiger partial charge in [-0.15, -0.1) is 0 Å². The Morgan fingerprint density at radius 2 is 2.15 bits per heavy atom. The maximum atomic E-state index is 12.3. The summed E-state index contributed by atoms with van der Waals surface area (Å²) < 4.78 is 11.6. The zero-order chi connectivity index (χ0) is 14.9. The van der Waals surface area contributed by atoms with Gasteiger partial charge < -0.3 is 4.90 Å². The van der Waals surface area contributed by atoms with Crippen LogP contribution < -0.4 is 5.32 Å². The SMILES string of the molecule is Cc1cccc(C2NC(C)C(=O)N2CC(C)S(C)=O)c1. The van der Waals surface area contributed by atoms with Gasteiger partial charge >= 0.3 is 0 Å². The maximum Gasteiger partial charge on any atom is 0.241 e. The van der Waals surface area contributed by atoms with E-state index in [0.717, 1.165) is 5.56 Å². The van der Waals surface area contributed by atoms with E-state index in [4.69, 9.17) is 0 Å². The molecule has 1 aromatic carbocycles. The molecule has 0 aromatic heterocycles. The third kappa shape index (κ3) is 3.10. The average molecular weight is 294 g/mol. The van der Waals surface area contributed by atoms with E-state index in [-0.39, 0.29) is 23.4 Å². The van der Waals surface area contributed by atoms with Crippen molar-refractivity contribution in [3.8, 4) is 0 Å². The molecule has 4 unspecified atom stereocenters. The first-order valence-corrected chi connectivity index (χ1v) is 8.47. The van der Waals surface area contributed by atoms with E-state index in [0.29, 0.717) is 6.54 Å². The number of nitrogens with zero attached hydrogens (tertiary/aromatic N) is 1. The Morgan fingerprint density at radius 1 is 1.45 bits per heavy atom. The van der Waals surface area contributed by atoms with Crippen LogP contribution in [0.25, 0.3) is 0 Å². The summed E-state index contributed by atoms with van der Waals surface area (Å²) in [6, 6.07) is 7.95. The molecule has 1 aliphatic rings. The molecule has 0 spiro atoms. The van der Waals surface area contributed by atoms with E-state index >= 15 is 0 Å². The van der Waals surface area contributed by atoms with Crippen LogP contribution in [0.15, 0.2) is 24.3 Å². The van der Waals surface area contributed by atoms with Crippen LogP contribution in [0.2, 0.25) is 0 Å². The lowest BCUT2D eigenvalue weighted by molar-refractivity contribution is -0.129. The number of rotatable bonds is 4. The Balaban J connectivity index is 2.26. The molecule has 0 radical (unpaired) electrons. The summed E-state index contributed by atoms with van der Waals surface area (Å²) in [4.78, 5) is 14.1. The topological polar surface area (TPSA) is 49.4 Å². The smallest absolute Gasteiger partial charge is 0.241 e. The molecular weight excluding hydrogens is 272 g/mol. The third-order valence-corrected chi connectivity index (χ3v) is 5.03. The fourth-order valence-corrected chi connectivity index (χ4v) is 2.84. The van der Waals surface area contributed by atoms with Gasteiger partial charge in [0.05, 0.1) is 6.04 Å². The third-order valence-electron chi connectivity index (χ3n) is 3.75. The number of aryl methyl sites for hydroxylation is 1. The first-order valence-electron chi connectivity index (χ1n) is 6.85. The Kier molecular flexibility index (Phi) is 4.60. The highest BCUT2D eigenvalue weighted by molar-refractivity contribution is 7.84. The highest BCUT2D eigenvalue weighted by atomic mass is 32.2. The molecule has 0 bridgehead atoms. The van der Waals surface area contributed by atoms with Crippen molar-refractivity contribution in [3.63, 3.8) is 0 Å². The van der Waals surface area contributed by atoms with Crippen molar-refractivity contribution in [3.05, 3.63) is 35.4 Å². The summed E-state index contributed by atoms with van der Waals surface area (Å²) in [7, 11) is -0.930. The quantitative estimate of drug-likeness (QED) is 0.917. The van der Waals surface area contributed by atoms with E-state index in [9.17, 15) is 9.00 Å². The van der Waals surface area contributed by atoms with Gasteiger partial charge in [-0.05, 0) is 26.3 Å².